The van der Waals surface area contributed by atoms with E-state index in [0.29, 0.717) is 34.0 Å². The molecule has 0 radical (unpaired) electrons. The lowest BCUT2D eigenvalue weighted by Gasteiger charge is -2.55. The van der Waals surface area contributed by atoms with Gasteiger partial charge in [0.1, 0.15) is 27.7 Å². The Kier molecular flexibility index (Phi) is 4.06. The second-order valence-corrected chi connectivity index (χ2v) is 11.8. The zero-order valence-electron chi connectivity index (χ0n) is 17.7. The van der Waals surface area contributed by atoms with Gasteiger partial charge in [0.25, 0.3) is 5.56 Å². The van der Waals surface area contributed by atoms with Crippen LogP contribution >= 0.6 is 0 Å². The second-order valence-electron chi connectivity index (χ2n) is 9.78. The van der Waals surface area contributed by atoms with E-state index in [1.807, 2.05) is 24.3 Å². The van der Waals surface area contributed by atoms with Crippen molar-refractivity contribution in [3.05, 3.63) is 46.8 Å². The maximum Gasteiger partial charge on any atom is 0.273 e. The molecule has 0 aliphatic heterocycles. The van der Waals surface area contributed by atoms with Crippen molar-refractivity contribution in [3.8, 4) is 17.0 Å². The fourth-order valence-electron chi connectivity index (χ4n) is 6.28. The maximum absolute atomic E-state index is 12.6. The summed E-state index contributed by atoms with van der Waals surface area (Å²) < 4.78 is 30.5. The van der Waals surface area contributed by atoms with Crippen LogP contribution in [0, 0.1) is 17.8 Å². The number of nitrogens with one attached hydrogen (secondary N) is 2. The van der Waals surface area contributed by atoms with Crippen molar-refractivity contribution in [1.29, 1.82) is 0 Å². The molecule has 4 bridgehead atoms. The predicted octanol–water partition coefficient (Wildman–Crippen LogP) is 3.45. The van der Waals surface area contributed by atoms with E-state index in [0.717, 1.165) is 43.9 Å². The number of fused-ring (bicyclic) bond motifs is 1. The van der Waals surface area contributed by atoms with Gasteiger partial charge in [-0.25, -0.2) is 8.42 Å². The average molecular weight is 453 g/mol. The molecule has 4 fully saturated rings. The van der Waals surface area contributed by atoms with Crippen molar-refractivity contribution in [2.45, 2.75) is 42.7 Å². The zero-order chi connectivity index (χ0) is 22.3. The van der Waals surface area contributed by atoms with Gasteiger partial charge in [-0.15, -0.1) is 0 Å². The van der Waals surface area contributed by atoms with E-state index in [1.165, 1.54) is 6.07 Å². The number of ether oxygens (including phenoxy) is 1. The first-order valence-corrected chi connectivity index (χ1v) is 12.9. The molecule has 2 heterocycles. The highest BCUT2D eigenvalue weighted by Gasteiger charge is 2.56. The van der Waals surface area contributed by atoms with Crippen LogP contribution in [-0.4, -0.2) is 36.0 Å². The van der Waals surface area contributed by atoms with Gasteiger partial charge in [-0.2, -0.15) is 0 Å². The molecule has 32 heavy (non-hydrogen) atoms. The summed E-state index contributed by atoms with van der Waals surface area (Å²) >= 11 is 0. The lowest BCUT2D eigenvalue weighted by molar-refractivity contribution is -0.156. The monoisotopic (exact) mass is 452 g/mol. The molecular formula is C24H24N2O5S. The van der Waals surface area contributed by atoms with Crippen LogP contribution in [-0.2, 0) is 14.6 Å². The first kappa shape index (κ1) is 19.8. The number of sulfone groups is 1. The van der Waals surface area contributed by atoms with Gasteiger partial charge in [0.2, 0.25) is 0 Å². The van der Waals surface area contributed by atoms with Crippen LogP contribution in [0.25, 0.3) is 22.2 Å². The Bertz CT molecular complexity index is 1420. The molecule has 1 aromatic carbocycles. The van der Waals surface area contributed by atoms with Gasteiger partial charge >= 0.3 is 0 Å². The number of para-hydroxylation sites is 1. The summed E-state index contributed by atoms with van der Waals surface area (Å²) in [4.78, 5) is 30.6. The number of pyridine rings is 1. The molecule has 2 atom stereocenters. The fourth-order valence-corrected chi connectivity index (χ4v) is 6.90. The van der Waals surface area contributed by atoms with Crippen molar-refractivity contribution in [1.82, 2.24) is 9.97 Å². The van der Waals surface area contributed by atoms with Crippen molar-refractivity contribution in [3.63, 3.8) is 0 Å². The summed E-state index contributed by atoms with van der Waals surface area (Å²) in [6.07, 6.45) is 5.59. The Balaban J connectivity index is 1.40. The third-order valence-electron chi connectivity index (χ3n) is 7.44. The van der Waals surface area contributed by atoms with Gasteiger partial charge in [-0.3, -0.25) is 9.59 Å². The van der Waals surface area contributed by atoms with E-state index < -0.39 is 15.4 Å². The molecule has 0 saturated heterocycles. The van der Waals surface area contributed by atoms with Crippen molar-refractivity contribution in [2.75, 3.05) is 6.26 Å². The highest BCUT2D eigenvalue weighted by atomic mass is 32.2. The molecular weight excluding hydrogens is 428 g/mol. The molecule has 3 aromatic rings. The topological polar surface area (TPSA) is 109 Å². The number of Topliss-reactive ketones (excluding diaryl/α,β-unsaturated/α-hetero) is 1. The minimum absolute atomic E-state index is 0.108. The molecule has 7 nitrogen and oxygen atoms in total. The standard InChI is InChI=1S/C24H24N2O5S/c1-32(29,30)20-9-14-8-18(25-21(14)23(28)26-20)17-4-2-3-5-19(17)31-24-10-13-6-15(11-24)22(27)16(7-13)12-24/h2-5,8-9,13,15-16,25H,6-7,10-12H2,1H3,(H,26,28). The first-order chi connectivity index (χ1) is 15.2. The van der Waals surface area contributed by atoms with E-state index in [2.05, 4.69) is 9.97 Å². The Hall–Kier alpha value is -2.87. The molecule has 0 amide bonds. The molecule has 7 rings (SSSR count). The van der Waals surface area contributed by atoms with E-state index in [1.54, 1.807) is 6.07 Å². The first-order valence-electron chi connectivity index (χ1n) is 11.0. The van der Waals surface area contributed by atoms with Gasteiger partial charge < -0.3 is 14.7 Å². The van der Waals surface area contributed by atoms with E-state index >= 15 is 0 Å². The summed E-state index contributed by atoms with van der Waals surface area (Å²) in [6, 6.07) is 10.9. The van der Waals surface area contributed by atoms with Gasteiger partial charge in [0.05, 0.1) is 5.69 Å². The Morgan fingerprint density at radius 1 is 1.00 bits per heavy atom. The lowest BCUT2D eigenvalue weighted by Crippen LogP contribution is -2.57. The van der Waals surface area contributed by atoms with Crippen LogP contribution in [0.3, 0.4) is 0 Å². The molecule has 0 spiro atoms. The molecule has 2 aromatic heterocycles. The predicted molar refractivity (Wildman–Crippen MR) is 119 cm³/mol. The number of rotatable bonds is 4. The Labute approximate surface area is 185 Å². The highest BCUT2D eigenvalue weighted by Crippen LogP contribution is 2.56. The Morgan fingerprint density at radius 3 is 2.44 bits per heavy atom. The van der Waals surface area contributed by atoms with Gasteiger partial charge in [0, 0.05) is 29.0 Å². The summed E-state index contributed by atoms with van der Waals surface area (Å²) in [5.74, 6) is 1.93. The number of carbonyl (C=O) groups excluding carboxylic acids is 1. The Morgan fingerprint density at radius 2 is 1.72 bits per heavy atom. The normalized spacial score (nSPS) is 29.0. The maximum atomic E-state index is 12.6. The van der Waals surface area contributed by atoms with Crippen LogP contribution in [0.15, 0.2) is 46.2 Å². The van der Waals surface area contributed by atoms with Gasteiger partial charge in [-0.05, 0) is 62.3 Å². The van der Waals surface area contributed by atoms with Crippen molar-refractivity contribution < 1.29 is 17.9 Å². The highest BCUT2D eigenvalue weighted by molar-refractivity contribution is 7.90. The van der Waals surface area contributed by atoms with E-state index in [4.69, 9.17) is 4.74 Å². The SMILES string of the molecule is CS(=O)(=O)c1cc2cc(-c3ccccc3OC34CC5CC(C3)C(=O)C(C5)C4)[nH]c2c(=O)[nH]1. The quantitative estimate of drug-likeness (QED) is 0.630. The number of carbonyl (C=O) groups is 1. The number of hydrogen-bond donors (Lipinski definition) is 2. The van der Waals surface area contributed by atoms with Crippen LogP contribution in [0.1, 0.15) is 32.1 Å². The number of ketones is 1. The number of H-pyrrole nitrogens is 2. The third-order valence-corrected chi connectivity index (χ3v) is 8.46. The minimum atomic E-state index is -3.54. The summed E-state index contributed by atoms with van der Waals surface area (Å²) in [5, 5.41) is 0.419. The second kappa shape index (κ2) is 6.57. The molecule has 8 heteroatoms. The van der Waals surface area contributed by atoms with Crippen molar-refractivity contribution >= 4 is 26.5 Å². The average Bonchev–Trinajstić information content (AvgIpc) is 3.15. The summed E-state index contributed by atoms with van der Waals surface area (Å²) in [6.45, 7) is 0. The lowest BCUT2D eigenvalue weighted by atomic mass is 9.53. The third kappa shape index (κ3) is 3.03. The fraction of sp³-hybridized carbons (Fsp3) is 0.417. The molecule has 2 unspecified atom stereocenters. The number of benzene rings is 1. The largest absolute Gasteiger partial charge is 0.487 e. The molecule has 4 aliphatic carbocycles. The van der Waals surface area contributed by atoms with Crippen LogP contribution in [0.5, 0.6) is 5.75 Å². The smallest absolute Gasteiger partial charge is 0.273 e. The van der Waals surface area contributed by atoms with Crippen LogP contribution in [0.4, 0.5) is 0 Å². The molecule has 166 valence electrons. The van der Waals surface area contributed by atoms with E-state index in [-0.39, 0.29) is 22.5 Å². The van der Waals surface area contributed by atoms with Crippen LogP contribution < -0.4 is 10.3 Å². The molecule has 4 saturated carbocycles. The van der Waals surface area contributed by atoms with Crippen molar-refractivity contribution in [2.24, 2.45) is 17.8 Å². The van der Waals surface area contributed by atoms with Gasteiger partial charge in [-0.1, -0.05) is 12.1 Å². The number of aromatic amines is 2. The molecule has 2 N–H and O–H groups in total. The molecule has 4 aliphatic rings. The zero-order valence-corrected chi connectivity index (χ0v) is 18.5. The van der Waals surface area contributed by atoms with Crippen LogP contribution in [0.2, 0.25) is 0 Å². The van der Waals surface area contributed by atoms with Gasteiger partial charge in [0.15, 0.2) is 9.84 Å². The number of aromatic nitrogens is 2. The van der Waals surface area contributed by atoms with E-state index in [9.17, 15) is 18.0 Å². The number of hydrogen-bond acceptors (Lipinski definition) is 5. The summed E-state index contributed by atoms with van der Waals surface area (Å²) in [5.41, 5.74) is 1.03. The minimum Gasteiger partial charge on any atom is -0.487 e. The summed E-state index contributed by atoms with van der Waals surface area (Å²) in [7, 11) is -3.54.